The van der Waals surface area contributed by atoms with Crippen LogP contribution >= 0.6 is 34.7 Å². The van der Waals surface area contributed by atoms with Gasteiger partial charge in [-0.05, 0) is 43.3 Å². The number of rotatable bonds is 6. The van der Waals surface area contributed by atoms with Crippen LogP contribution in [0.25, 0.3) is 10.2 Å². The second-order valence-electron chi connectivity index (χ2n) is 5.49. The van der Waals surface area contributed by atoms with E-state index in [2.05, 4.69) is 4.99 Å². The lowest BCUT2D eigenvalue weighted by Gasteiger charge is -2.05. The van der Waals surface area contributed by atoms with Crippen molar-refractivity contribution in [2.75, 3.05) is 12.9 Å². The van der Waals surface area contributed by atoms with Crippen LogP contribution in [-0.2, 0) is 11.3 Å². The van der Waals surface area contributed by atoms with Crippen LogP contribution in [0.15, 0.2) is 52.4 Å². The Bertz CT molecular complexity index is 977. The Hall–Kier alpha value is -1.76. The molecular formula is C19H19ClN2O2S2. The summed E-state index contributed by atoms with van der Waals surface area (Å²) < 4.78 is 8.55. The summed E-state index contributed by atoms with van der Waals surface area (Å²) in [6, 6.07) is 13.5. The molecule has 3 rings (SSSR count). The third-order valence-corrected chi connectivity index (χ3v) is 6.13. The highest BCUT2D eigenvalue weighted by atomic mass is 35.5. The maximum atomic E-state index is 12.3. The number of amides is 1. The number of aromatic nitrogens is 1. The second-order valence-corrected chi connectivity index (χ2v) is 8.11. The van der Waals surface area contributed by atoms with E-state index in [9.17, 15) is 4.79 Å². The highest BCUT2D eigenvalue weighted by Gasteiger charge is 2.11. The summed E-state index contributed by atoms with van der Waals surface area (Å²) in [6.07, 6.45) is 0.391. The second kappa shape index (κ2) is 8.75. The van der Waals surface area contributed by atoms with Crippen LogP contribution in [0.4, 0.5) is 0 Å². The van der Waals surface area contributed by atoms with Crippen LogP contribution < -0.4 is 9.54 Å². The Labute approximate surface area is 165 Å². The first-order chi connectivity index (χ1) is 12.6. The first-order valence-electron chi connectivity index (χ1n) is 8.24. The molecule has 0 aliphatic rings. The molecule has 0 saturated heterocycles. The number of benzene rings is 2. The van der Waals surface area contributed by atoms with Crippen molar-refractivity contribution in [3.8, 4) is 5.75 Å². The van der Waals surface area contributed by atoms with Gasteiger partial charge in [0.25, 0.3) is 0 Å². The summed E-state index contributed by atoms with van der Waals surface area (Å²) in [5, 5.41) is 0.713. The Morgan fingerprint density at radius 3 is 2.73 bits per heavy atom. The third kappa shape index (κ3) is 4.31. The zero-order chi connectivity index (χ0) is 18.5. The van der Waals surface area contributed by atoms with Gasteiger partial charge in [-0.3, -0.25) is 4.79 Å². The highest BCUT2D eigenvalue weighted by molar-refractivity contribution is 7.99. The van der Waals surface area contributed by atoms with Crippen molar-refractivity contribution in [3.05, 3.63) is 52.3 Å². The summed E-state index contributed by atoms with van der Waals surface area (Å²) >= 11 is 9.02. The number of ether oxygens (including phenoxy) is 1. The van der Waals surface area contributed by atoms with Crippen LogP contribution in [0.2, 0.25) is 5.02 Å². The lowest BCUT2D eigenvalue weighted by molar-refractivity contribution is -0.117. The SMILES string of the molecule is CCn1c(=NC(=O)CCSc2ccc(Cl)cc2)sc2cccc(OC)c21. The van der Waals surface area contributed by atoms with Crippen molar-refractivity contribution in [2.24, 2.45) is 4.99 Å². The van der Waals surface area contributed by atoms with Crippen molar-refractivity contribution in [2.45, 2.75) is 24.8 Å². The van der Waals surface area contributed by atoms with Gasteiger partial charge in [0.15, 0.2) is 4.80 Å². The largest absolute Gasteiger partial charge is 0.495 e. The number of carbonyl (C=O) groups is 1. The number of halogens is 1. The lowest BCUT2D eigenvalue weighted by Crippen LogP contribution is -2.16. The van der Waals surface area contributed by atoms with Crippen LogP contribution in [-0.4, -0.2) is 23.3 Å². The van der Waals surface area contributed by atoms with Crippen LogP contribution in [0.3, 0.4) is 0 Å². The van der Waals surface area contributed by atoms with Crippen LogP contribution in [0, 0.1) is 0 Å². The first kappa shape index (κ1) is 19.0. The maximum absolute atomic E-state index is 12.3. The number of fused-ring (bicyclic) bond motifs is 1. The van der Waals surface area contributed by atoms with Gasteiger partial charge in [0, 0.05) is 28.6 Å². The Balaban J connectivity index is 1.76. The average molecular weight is 407 g/mol. The molecule has 0 atom stereocenters. The minimum Gasteiger partial charge on any atom is -0.495 e. The van der Waals surface area contributed by atoms with E-state index in [-0.39, 0.29) is 5.91 Å². The number of thiazole rings is 1. The van der Waals surface area contributed by atoms with Gasteiger partial charge >= 0.3 is 0 Å². The van der Waals surface area contributed by atoms with Crippen LogP contribution in [0.5, 0.6) is 5.75 Å². The molecule has 26 heavy (non-hydrogen) atoms. The molecule has 4 nitrogen and oxygen atoms in total. The Kier molecular flexibility index (Phi) is 6.40. The van der Waals surface area contributed by atoms with Gasteiger partial charge in [0.1, 0.15) is 11.3 Å². The predicted molar refractivity (Wildman–Crippen MR) is 109 cm³/mol. The number of aryl methyl sites for hydroxylation is 1. The zero-order valence-electron chi connectivity index (χ0n) is 14.6. The number of carbonyl (C=O) groups excluding carboxylic acids is 1. The fourth-order valence-electron chi connectivity index (χ4n) is 2.59. The molecular weight excluding hydrogens is 388 g/mol. The normalized spacial score (nSPS) is 11.9. The maximum Gasteiger partial charge on any atom is 0.249 e. The predicted octanol–water partition coefficient (Wildman–Crippen LogP) is 4.99. The van der Waals surface area contributed by atoms with E-state index in [0.717, 1.165) is 27.4 Å². The quantitative estimate of drug-likeness (QED) is 0.541. The van der Waals surface area contributed by atoms with Crippen molar-refractivity contribution >= 4 is 50.8 Å². The molecule has 0 radical (unpaired) electrons. The van der Waals surface area contributed by atoms with Gasteiger partial charge in [-0.15, -0.1) is 11.8 Å². The van der Waals surface area contributed by atoms with E-state index < -0.39 is 0 Å². The van der Waals surface area contributed by atoms with Gasteiger partial charge in [0.2, 0.25) is 5.91 Å². The highest BCUT2D eigenvalue weighted by Crippen LogP contribution is 2.27. The van der Waals surface area contributed by atoms with E-state index in [1.807, 2.05) is 54.0 Å². The van der Waals surface area contributed by atoms with Crippen molar-refractivity contribution < 1.29 is 9.53 Å². The van der Waals surface area contributed by atoms with Gasteiger partial charge < -0.3 is 9.30 Å². The standard InChI is InChI=1S/C19H19ClN2O2S2/c1-3-22-18-15(24-2)5-4-6-16(18)26-19(22)21-17(23)11-12-25-14-9-7-13(20)8-10-14/h4-10H,3,11-12H2,1-2H3. The molecule has 1 amide bonds. The molecule has 7 heteroatoms. The van der Waals surface area contributed by atoms with E-state index in [4.69, 9.17) is 16.3 Å². The molecule has 3 aromatic rings. The monoisotopic (exact) mass is 406 g/mol. The molecule has 136 valence electrons. The molecule has 0 spiro atoms. The molecule has 0 bridgehead atoms. The van der Waals surface area contributed by atoms with Gasteiger partial charge in [0.05, 0.1) is 11.8 Å². The molecule has 1 heterocycles. The molecule has 0 saturated carbocycles. The van der Waals surface area contributed by atoms with Gasteiger partial charge in [-0.2, -0.15) is 4.99 Å². The molecule has 2 aromatic carbocycles. The summed E-state index contributed by atoms with van der Waals surface area (Å²) in [7, 11) is 1.66. The summed E-state index contributed by atoms with van der Waals surface area (Å²) in [5.41, 5.74) is 0.990. The molecule has 0 aliphatic carbocycles. The fourth-order valence-corrected chi connectivity index (χ4v) is 4.69. The molecule has 0 fully saturated rings. The smallest absolute Gasteiger partial charge is 0.249 e. The number of methoxy groups -OCH3 is 1. The summed E-state index contributed by atoms with van der Waals surface area (Å²) in [5.74, 6) is 1.37. The Morgan fingerprint density at radius 2 is 2.04 bits per heavy atom. The van der Waals surface area contributed by atoms with Crippen LogP contribution in [0.1, 0.15) is 13.3 Å². The molecule has 0 aliphatic heterocycles. The Morgan fingerprint density at radius 1 is 1.27 bits per heavy atom. The molecule has 0 N–H and O–H groups in total. The summed E-state index contributed by atoms with van der Waals surface area (Å²) in [6.45, 7) is 2.77. The van der Waals surface area contributed by atoms with E-state index in [1.165, 1.54) is 11.3 Å². The van der Waals surface area contributed by atoms with Gasteiger partial charge in [-0.1, -0.05) is 29.0 Å². The number of hydrogen-bond acceptors (Lipinski definition) is 4. The van der Waals surface area contributed by atoms with E-state index in [1.54, 1.807) is 18.9 Å². The van der Waals surface area contributed by atoms with E-state index in [0.29, 0.717) is 22.0 Å². The number of nitrogens with zero attached hydrogens (tertiary/aromatic N) is 2. The lowest BCUT2D eigenvalue weighted by atomic mass is 10.3. The molecule has 1 aromatic heterocycles. The third-order valence-electron chi connectivity index (χ3n) is 3.82. The minimum atomic E-state index is -0.112. The number of thioether (sulfide) groups is 1. The molecule has 0 unspecified atom stereocenters. The zero-order valence-corrected chi connectivity index (χ0v) is 17.0. The van der Waals surface area contributed by atoms with Crippen molar-refractivity contribution in [1.29, 1.82) is 0 Å². The average Bonchev–Trinajstić information content (AvgIpc) is 3.00. The summed E-state index contributed by atoms with van der Waals surface area (Å²) in [4.78, 5) is 18.5. The number of hydrogen-bond donors (Lipinski definition) is 0. The van der Waals surface area contributed by atoms with Gasteiger partial charge in [-0.25, -0.2) is 0 Å². The topological polar surface area (TPSA) is 43.6 Å². The number of para-hydroxylation sites is 1. The first-order valence-corrected chi connectivity index (χ1v) is 10.4. The minimum absolute atomic E-state index is 0.112. The van der Waals surface area contributed by atoms with Crippen molar-refractivity contribution in [1.82, 2.24) is 4.57 Å². The van der Waals surface area contributed by atoms with Crippen molar-refractivity contribution in [3.63, 3.8) is 0 Å². The fraction of sp³-hybridized carbons (Fsp3) is 0.263. The van der Waals surface area contributed by atoms with E-state index >= 15 is 0 Å².